The van der Waals surface area contributed by atoms with Crippen LogP contribution in [0.1, 0.15) is 40.0 Å². The minimum atomic E-state index is -0.736. The van der Waals surface area contributed by atoms with Crippen molar-refractivity contribution in [3.8, 4) is 5.69 Å². The zero-order valence-corrected chi connectivity index (χ0v) is 19.5. The van der Waals surface area contributed by atoms with Crippen LogP contribution < -0.4 is 10.9 Å². The number of anilines is 1. The van der Waals surface area contributed by atoms with E-state index in [9.17, 15) is 14.4 Å². The van der Waals surface area contributed by atoms with E-state index in [1.54, 1.807) is 19.1 Å². The van der Waals surface area contributed by atoms with E-state index in [0.717, 1.165) is 21.4 Å². The van der Waals surface area contributed by atoms with E-state index in [1.807, 2.05) is 79.7 Å². The van der Waals surface area contributed by atoms with E-state index >= 15 is 0 Å². The number of aromatic nitrogens is 2. The van der Waals surface area contributed by atoms with Crippen molar-refractivity contribution in [1.29, 1.82) is 0 Å². The first-order valence-corrected chi connectivity index (χ1v) is 11.3. The monoisotopic (exact) mass is 467 g/mol. The van der Waals surface area contributed by atoms with Gasteiger partial charge in [-0.3, -0.25) is 9.59 Å². The van der Waals surface area contributed by atoms with Crippen molar-refractivity contribution in [2.45, 2.75) is 19.8 Å². The third-order valence-corrected chi connectivity index (χ3v) is 5.46. The molecule has 0 radical (unpaired) electrons. The van der Waals surface area contributed by atoms with Gasteiger partial charge >= 0.3 is 5.97 Å². The summed E-state index contributed by atoms with van der Waals surface area (Å²) in [5.41, 5.74) is 2.41. The van der Waals surface area contributed by atoms with E-state index in [1.165, 1.54) is 6.07 Å². The molecule has 0 atom stereocenters. The Morgan fingerprint density at radius 2 is 1.49 bits per heavy atom. The van der Waals surface area contributed by atoms with Gasteiger partial charge in [-0.15, -0.1) is 0 Å². The molecule has 0 aliphatic carbocycles. The normalized spacial score (nSPS) is 10.7. The molecule has 4 rings (SSSR count). The van der Waals surface area contributed by atoms with Crippen molar-refractivity contribution >= 4 is 17.6 Å². The Labute approximate surface area is 203 Å². The van der Waals surface area contributed by atoms with E-state index < -0.39 is 23.4 Å². The molecule has 0 bridgehead atoms. The molecule has 0 unspecified atom stereocenters. The number of esters is 1. The van der Waals surface area contributed by atoms with Crippen LogP contribution in [0.15, 0.2) is 95.8 Å². The molecule has 0 aliphatic heterocycles. The molecule has 1 aromatic heterocycles. The van der Waals surface area contributed by atoms with Crippen LogP contribution in [0.4, 0.5) is 5.69 Å². The lowest BCUT2D eigenvalue weighted by Crippen LogP contribution is -2.29. The fraction of sp³-hybridized carbons (Fsp3) is 0.143. The highest BCUT2D eigenvalue weighted by Gasteiger charge is 2.26. The first kappa shape index (κ1) is 23.6. The Morgan fingerprint density at radius 1 is 0.914 bits per heavy atom. The van der Waals surface area contributed by atoms with Gasteiger partial charge in [0.2, 0.25) is 5.91 Å². The SMILES string of the molecule is CCOC(=O)c1nn(-c2ccc(C)cc2)c(=O)cc1NC(=O)C(c1ccccc1)c1ccccc1. The Balaban J connectivity index is 1.77. The Kier molecular flexibility index (Phi) is 7.16. The molecule has 7 heteroatoms. The number of carbonyl (C=O) groups excluding carboxylic acids is 2. The zero-order chi connectivity index (χ0) is 24.8. The molecule has 176 valence electrons. The molecule has 3 aromatic carbocycles. The largest absolute Gasteiger partial charge is 0.461 e. The van der Waals surface area contributed by atoms with Gasteiger partial charge in [0.25, 0.3) is 5.56 Å². The predicted molar refractivity (Wildman–Crippen MR) is 134 cm³/mol. The Hall–Kier alpha value is -4.52. The molecule has 7 nitrogen and oxygen atoms in total. The summed E-state index contributed by atoms with van der Waals surface area (Å²) in [6.45, 7) is 3.72. The molecule has 0 saturated carbocycles. The Morgan fingerprint density at radius 3 is 2.03 bits per heavy atom. The summed E-state index contributed by atoms with van der Waals surface area (Å²) in [5, 5.41) is 7.02. The van der Waals surface area contributed by atoms with Crippen LogP contribution >= 0.6 is 0 Å². The predicted octanol–water partition coefficient (Wildman–Crippen LogP) is 4.49. The van der Waals surface area contributed by atoms with E-state index in [-0.39, 0.29) is 18.0 Å². The summed E-state index contributed by atoms with van der Waals surface area (Å²) >= 11 is 0. The molecule has 0 saturated heterocycles. The van der Waals surface area contributed by atoms with Gasteiger partial charge in [-0.1, -0.05) is 78.4 Å². The summed E-state index contributed by atoms with van der Waals surface area (Å²) in [6, 6.07) is 26.9. The Bertz CT molecular complexity index is 1340. The first-order valence-electron chi connectivity index (χ1n) is 11.3. The van der Waals surface area contributed by atoms with E-state index in [0.29, 0.717) is 5.69 Å². The molecule has 1 N–H and O–H groups in total. The molecule has 4 aromatic rings. The molecular weight excluding hydrogens is 442 g/mol. The highest BCUT2D eigenvalue weighted by atomic mass is 16.5. The number of aryl methyl sites for hydroxylation is 1. The minimum Gasteiger partial charge on any atom is -0.461 e. The summed E-state index contributed by atoms with van der Waals surface area (Å²) in [6.07, 6.45) is 0. The molecule has 0 spiro atoms. The third kappa shape index (κ3) is 5.35. The first-order chi connectivity index (χ1) is 17.0. The van der Waals surface area contributed by atoms with Gasteiger partial charge in [0.05, 0.1) is 23.9 Å². The van der Waals surface area contributed by atoms with Gasteiger partial charge in [-0.05, 0) is 37.1 Å². The fourth-order valence-corrected chi connectivity index (χ4v) is 3.76. The average Bonchev–Trinajstić information content (AvgIpc) is 2.86. The van der Waals surface area contributed by atoms with Crippen LogP contribution in [-0.4, -0.2) is 28.3 Å². The van der Waals surface area contributed by atoms with Crippen molar-refractivity contribution < 1.29 is 14.3 Å². The number of benzene rings is 3. The number of hydrogen-bond donors (Lipinski definition) is 1. The maximum absolute atomic E-state index is 13.6. The van der Waals surface area contributed by atoms with Gasteiger partial charge < -0.3 is 10.1 Å². The average molecular weight is 468 g/mol. The van der Waals surface area contributed by atoms with E-state index in [4.69, 9.17) is 4.74 Å². The number of nitrogens with zero attached hydrogens (tertiary/aromatic N) is 2. The van der Waals surface area contributed by atoms with Crippen LogP contribution in [0.5, 0.6) is 0 Å². The molecule has 1 amide bonds. The number of ether oxygens (including phenoxy) is 1. The standard InChI is InChI=1S/C28H25N3O4/c1-3-35-28(34)26-23(18-24(32)31(30-26)22-16-14-19(2)15-17-22)29-27(33)25(20-10-6-4-7-11-20)21-12-8-5-9-13-21/h4-18,25H,3H2,1-2H3,(H,29,33). The van der Waals surface area contributed by atoms with Crippen LogP contribution in [0.25, 0.3) is 5.69 Å². The third-order valence-electron chi connectivity index (χ3n) is 5.46. The highest BCUT2D eigenvalue weighted by molar-refractivity contribution is 6.03. The van der Waals surface area contributed by atoms with Gasteiger partial charge in [-0.2, -0.15) is 9.78 Å². The van der Waals surface area contributed by atoms with Gasteiger partial charge in [-0.25, -0.2) is 4.79 Å². The second-order valence-electron chi connectivity index (χ2n) is 7.96. The number of rotatable bonds is 7. The minimum absolute atomic E-state index is 0.00123. The summed E-state index contributed by atoms with van der Waals surface area (Å²) in [5.74, 6) is -1.80. The van der Waals surface area contributed by atoms with Gasteiger partial charge in [0, 0.05) is 6.07 Å². The summed E-state index contributed by atoms with van der Waals surface area (Å²) in [4.78, 5) is 39.3. The number of hydrogen-bond acceptors (Lipinski definition) is 5. The maximum Gasteiger partial charge on any atom is 0.360 e. The second kappa shape index (κ2) is 10.6. The molecular formula is C28H25N3O4. The number of carbonyl (C=O) groups is 2. The van der Waals surface area contributed by atoms with Crippen LogP contribution in [-0.2, 0) is 9.53 Å². The summed E-state index contributed by atoms with van der Waals surface area (Å²) < 4.78 is 6.28. The molecule has 35 heavy (non-hydrogen) atoms. The lowest BCUT2D eigenvalue weighted by Gasteiger charge is -2.19. The lowest BCUT2D eigenvalue weighted by atomic mass is 9.90. The van der Waals surface area contributed by atoms with Crippen molar-refractivity contribution in [1.82, 2.24) is 9.78 Å². The summed E-state index contributed by atoms with van der Waals surface area (Å²) in [7, 11) is 0. The van der Waals surface area contributed by atoms with Crippen molar-refractivity contribution in [3.63, 3.8) is 0 Å². The zero-order valence-electron chi connectivity index (χ0n) is 19.5. The highest BCUT2D eigenvalue weighted by Crippen LogP contribution is 2.27. The van der Waals surface area contributed by atoms with Crippen molar-refractivity contribution in [2.75, 3.05) is 11.9 Å². The van der Waals surface area contributed by atoms with Crippen molar-refractivity contribution in [3.05, 3.63) is 124 Å². The quantitative estimate of drug-likeness (QED) is 0.405. The van der Waals surface area contributed by atoms with Crippen LogP contribution in [0, 0.1) is 6.92 Å². The smallest absolute Gasteiger partial charge is 0.360 e. The fourth-order valence-electron chi connectivity index (χ4n) is 3.76. The topological polar surface area (TPSA) is 90.3 Å². The molecule has 1 heterocycles. The molecule has 0 fully saturated rings. The van der Waals surface area contributed by atoms with Gasteiger partial charge in [0.1, 0.15) is 0 Å². The maximum atomic E-state index is 13.6. The van der Waals surface area contributed by atoms with Crippen LogP contribution in [0.2, 0.25) is 0 Å². The number of amides is 1. The van der Waals surface area contributed by atoms with Crippen molar-refractivity contribution in [2.24, 2.45) is 0 Å². The van der Waals surface area contributed by atoms with Gasteiger partial charge in [0.15, 0.2) is 5.69 Å². The van der Waals surface area contributed by atoms with E-state index in [2.05, 4.69) is 10.4 Å². The number of nitrogens with one attached hydrogen (secondary N) is 1. The molecule has 0 aliphatic rings. The second-order valence-corrected chi connectivity index (χ2v) is 7.96. The lowest BCUT2D eigenvalue weighted by molar-refractivity contribution is -0.116. The van der Waals surface area contributed by atoms with Crippen LogP contribution in [0.3, 0.4) is 0 Å².